The molecule has 1 amide bonds. The molecule has 3 nitrogen and oxygen atoms in total. The van der Waals surface area contributed by atoms with Crippen molar-refractivity contribution in [3.8, 4) is 0 Å². The molecular weight excluding hydrogens is 176 g/mol. The van der Waals surface area contributed by atoms with Gasteiger partial charge in [-0.2, -0.15) is 0 Å². The predicted octanol–water partition coefficient (Wildman–Crippen LogP) is 0.951. The lowest BCUT2D eigenvalue weighted by molar-refractivity contribution is -0.148. The van der Waals surface area contributed by atoms with Crippen molar-refractivity contribution in [1.82, 2.24) is 9.80 Å². The Morgan fingerprint density at radius 3 is 2.36 bits per heavy atom. The van der Waals surface area contributed by atoms with Crippen LogP contribution in [-0.4, -0.2) is 49.4 Å². The molecule has 0 aromatic heterocycles. The van der Waals surface area contributed by atoms with E-state index < -0.39 is 0 Å². The number of likely N-dealkylation sites (tertiary alicyclic amines) is 2. The molecule has 1 spiro atoms. The third kappa shape index (κ3) is 1.54. The molecule has 2 heterocycles. The van der Waals surface area contributed by atoms with Crippen LogP contribution in [0, 0.1) is 5.41 Å². The molecule has 2 fully saturated rings. The molecule has 3 heteroatoms. The summed E-state index contributed by atoms with van der Waals surface area (Å²) in [7, 11) is 4.09. The first-order valence-corrected chi connectivity index (χ1v) is 5.58. The summed E-state index contributed by atoms with van der Waals surface area (Å²) < 4.78 is 0. The van der Waals surface area contributed by atoms with Crippen molar-refractivity contribution >= 4 is 5.91 Å². The van der Waals surface area contributed by atoms with Gasteiger partial charge in [-0.05, 0) is 45.8 Å². The van der Waals surface area contributed by atoms with Gasteiger partial charge in [0.1, 0.15) is 0 Å². The molecule has 0 radical (unpaired) electrons. The topological polar surface area (TPSA) is 23.6 Å². The summed E-state index contributed by atoms with van der Waals surface area (Å²) in [6.45, 7) is 3.12. The monoisotopic (exact) mass is 196 g/mol. The Bertz CT molecular complexity index is 231. The van der Waals surface area contributed by atoms with Crippen LogP contribution in [0.2, 0.25) is 0 Å². The standard InChI is InChI=1S/C11H20N2O/c1-12-8-5-11(6-9-12)4-3-7-13(2)10(11)14/h3-9H2,1-2H3. The number of nitrogens with zero attached hydrogens (tertiary/aromatic N) is 2. The van der Waals surface area contributed by atoms with E-state index in [0.717, 1.165) is 38.9 Å². The molecule has 0 N–H and O–H groups in total. The van der Waals surface area contributed by atoms with Crippen LogP contribution in [0.5, 0.6) is 0 Å². The van der Waals surface area contributed by atoms with Crippen LogP contribution < -0.4 is 0 Å². The van der Waals surface area contributed by atoms with Gasteiger partial charge in [-0.1, -0.05) is 0 Å². The second kappa shape index (κ2) is 3.54. The Morgan fingerprint density at radius 1 is 1.07 bits per heavy atom. The SMILES string of the molecule is CN1CCC2(CCCN(C)C2=O)CC1. The number of hydrogen-bond donors (Lipinski definition) is 0. The lowest BCUT2D eigenvalue weighted by Crippen LogP contribution is -2.51. The fourth-order valence-corrected chi connectivity index (χ4v) is 2.78. The summed E-state index contributed by atoms with van der Waals surface area (Å²) >= 11 is 0. The zero-order valence-electron chi connectivity index (χ0n) is 9.25. The summed E-state index contributed by atoms with van der Waals surface area (Å²) in [6, 6.07) is 0. The first-order valence-electron chi connectivity index (χ1n) is 5.58. The maximum Gasteiger partial charge on any atom is 0.228 e. The zero-order chi connectivity index (χ0) is 10.2. The van der Waals surface area contributed by atoms with Crippen molar-refractivity contribution < 1.29 is 4.79 Å². The van der Waals surface area contributed by atoms with E-state index in [4.69, 9.17) is 0 Å². The summed E-state index contributed by atoms with van der Waals surface area (Å²) in [5, 5.41) is 0. The van der Waals surface area contributed by atoms with Crippen molar-refractivity contribution in [1.29, 1.82) is 0 Å². The number of carbonyl (C=O) groups is 1. The Labute approximate surface area is 86.1 Å². The summed E-state index contributed by atoms with van der Waals surface area (Å²) in [6.07, 6.45) is 4.43. The predicted molar refractivity (Wildman–Crippen MR) is 56.0 cm³/mol. The third-order valence-corrected chi connectivity index (χ3v) is 3.89. The largest absolute Gasteiger partial charge is 0.345 e. The number of piperidine rings is 2. The number of amides is 1. The van der Waals surface area contributed by atoms with Gasteiger partial charge in [-0.15, -0.1) is 0 Å². The van der Waals surface area contributed by atoms with Crippen LogP contribution in [0.15, 0.2) is 0 Å². The number of hydrogen-bond acceptors (Lipinski definition) is 2. The fourth-order valence-electron chi connectivity index (χ4n) is 2.78. The Morgan fingerprint density at radius 2 is 1.71 bits per heavy atom. The van der Waals surface area contributed by atoms with Gasteiger partial charge in [-0.3, -0.25) is 4.79 Å². The summed E-state index contributed by atoms with van der Waals surface area (Å²) in [5.74, 6) is 0.400. The molecule has 14 heavy (non-hydrogen) atoms. The zero-order valence-corrected chi connectivity index (χ0v) is 9.25. The molecule has 2 saturated heterocycles. The van der Waals surface area contributed by atoms with E-state index in [1.165, 1.54) is 6.42 Å². The summed E-state index contributed by atoms with van der Waals surface area (Å²) in [5.41, 5.74) is 0.0134. The van der Waals surface area contributed by atoms with Crippen molar-refractivity contribution in [3.63, 3.8) is 0 Å². The molecule has 2 aliphatic rings. The maximum absolute atomic E-state index is 12.1. The van der Waals surface area contributed by atoms with E-state index in [1.807, 2.05) is 11.9 Å². The van der Waals surface area contributed by atoms with E-state index >= 15 is 0 Å². The number of rotatable bonds is 0. The van der Waals surface area contributed by atoms with Gasteiger partial charge in [0.05, 0.1) is 5.41 Å². The molecule has 2 aliphatic heterocycles. The highest BCUT2D eigenvalue weighted by Gasteiger charge is 2.43. The second-order valence-corrected chi connectivity index (χ2v) is 4.91. The Kier molecular flexibility index (Phi) is 2.52. The van der Waals surface area contributed by atoms with Crippen LogP contribution in [0.3, 0.4) is 0 Å². The van der Waals surface area contributed by atoms with Crippen LogP contribution in [0.25, 0.3) is 0 Å². The van der Waals surface area contributed by atoms with Gasteiger partial charge >= 0.3 is 0 Å². The quantitative estimate of drug-likeness (QED) is 0.576. The van der Waals surface area contributed by atoms with E-state index in [1.54, 1.807) is 0 Å². The average Bonchev–Trinajstić information content (AvgIpc) is 2.19. The van der Waals surface area contributed by atoms with Crippen LogP contribution in [0.4, 0.5) is 0 Å². The van der Waals surface area contributed by atoms with Crippen molar-refractivity contribution in [2.45, 2.75) is 25.7 Å². The molecule has 2 rings (SSSR count). The molecule has 0 aliphatic carbocycles. The Balaban J connectivity index is 2.10. The third-order valence-electron chi connectivity index (χ3n) is 3.89. The lowest BCUT2D eigenvalue weighted by atomic mass is 9.72. The minimum absolute atomic E-state index is 0.0134. The first kappa shape index (κ1) is 9.97. The molecular formula is C11H20N2O. The minimum atomic E-state index is 0.0134. The smallest absolute Gasteiger partial charge is 0.228 e. The van der Waals surface area contributed by atoms with E-state index in [9.17, 15) is 4.79 Å². The van der Waals surface area contributed by atoms with Gasteiger partial charge < -0.3 is 9.80 Å². The fraction of sp³-hybridized carbons (Fsp3) is 0.909. The van der Waals surface area contributed by atoms with E-state index in [-0.39, 0.29) is 5.41 Å². The average molecular weight is 196 g/mol. The van der Waals surface area contributed by atoms with Gasteiger partial charge in [0, 0.05) is 13.6 Å². The molecule has 0 aromatic rings. The van der Waals surface area contributed by atoms with E-state index in [2.05, 4.69) is 11.9 Å². The molecule has 0 saturated carbocycles. The molecule has 0 bridgehead atoms. The lowest BCUT2D eigenvalue weighted by Gasteiger charge is -2.44. The second-order valence-electron chi connectivity index (χ2n) is 4.91. The molecule has 80 valence electrons. The van der Waals surface area contributed by atoms with Crippen molar-refractivity contribution in [2.24, 2.45) is 5.41 Å². The van der Waals surface area contributed by atoms with Gasteiger partial charge in [0.15, 0.2) is 0 Å². The van der Waals surface area contributed by atoms with Crippen LogP contribution in [-0.2, 0) is 4.79 Å². The van der Waals surface area contributed by atoms with Crippen LogP contribution in [0.1, 0.15) is 25.7 Å². The summed E-state index contributed by atoms with van der Waals surface area (Å²) in [4.78, 5) is 16.4. The molecule has 0 atom stereocenters. The van der Waals surface area contributed by atoms with E-state index in [0.29, 0.717) is 5.91 Å². The van der Waals surface area contributed by atoms with Crippen molar-refractivity contribution in [2.75, 3.05) is 33.7 Å². The minimum Gasteiger partial charge on any atom is -0.345 e. The highest BCUT2D eigenvalue weighted by molar-refractivity contribution is 5.83. The highest BCUT2D eigenvalue weighted by Crippen LogP contribution is 2.39. The highest BCUT2D eigenvalue weighted by atomic mass is 16.2. The number of carbonyl (C=O) groups excluding carboxylic acids is 1. The normalized spacial score (nSPS) is 28.4. The van der Waals surface area contributed by atoms with Gasteiger partial charge in [0.2, 0.25) is 5.91 Å². The molecule has 0 aromatic carbocycles. The van der Waals surface area contributed by atoms with Crippen molar-refractivity contribution in [3.05, 3.63) is 0 Å². The molecule has 0 unspecified atom stereocenters. The first-order chi connectivity index (χ1) is 6.64. The maximum atomic E-state index is 12.1. The van der Waals surface area contributed by atoms with Gasteiger partial charge in [0.25, 0.3) is 0 Å². The van der Waals surface area contributed by atoms with Crippen LogP contribution >= 0.6 is 0 Å². The Hall–Kier alpha value is -0.570. The van der Waals surface area contributed by atoms with Gasteiger partial charge in [-0.25, -0.2) is 0 Å².